The number of hydrogen-bond donors (Lipinski definition) is 2. The van der Waals surface area contributed by atoms with E-state index in [1.165, 1.54) is 11.1 Å². The van der Waals surface area contributed by atoms with Crippen LogP contribution in [-0.2, 0) is 17.8 Å². The summed E-state index contributed by atoms with van der Waals surface area (Å²) in [6.45, 7) is 4.06. The van der Waals surface area contributed by atoms with Crippen molar-refractivity contribution < 1.29 is 14.3 Å². The normalized spacial score (nSPS) is 16.8. The molecule has 2 heterocycles. The Morgan fingerprint density at radius 3 is 2.96 bits per heavy atom. The highest BCUT2D eigenvalue weighted by molar-refractivity contribution is 5.93. The van der Waals surface area contributed by atoms with Crippen LogP contribution in [0.25, 0.3) is 0 Å². The number of carbonyl (C=O) groups is 1. The van der Waals surface area contributed by atoms with E-state index in [1.54, 1.807) is 0 Å². The third kappa shape index (κ3) is 3.33. The molecular formula is C20H22N2O3. The summed E-state index contributed by atoms with van der Waals surface area (Å²) in [6, 6.07) is 12.5. The summed E-state index contributed by atoms with van der Waals surface area (Å²) in [5.41, 5.74) is 4.47. The van der Waals surface area contributed by atoms with Crippen molar-refractivity contribution in [3.8, 4) is 11.5 Å². The minimum absolute atomic E-state index is 0.0995. The first-order chi connectivity index (χ1) is 12.2. The summed E-state index contributed by atoms with van der Waals surface area (Å²) in [4.78, 5) is 11.5. The summed E-state index contributed by atoms with van der Waals surface area (Å²) in [7, 11) is 0. The number of nitrogens with one attached hydrogen (secondary N) is 2. The Balaban J connectivity index is 1.46. The monoisotopic (exact) mass is 338 g/mol. The molecule has 0 saturated carbocycles. The first kappa shape index (κ1) is 16.0. The van der Waals surface area contributed by atoms with E-state index in [0.717, 1.165) is 29.2 Å². The largest absolute Gasteiger partial charge is 0.486 e. The van der Waals surface area contributed by atoms with Crippen molar-refractivity contribution in [1.82, 2.24) is 5.32 Å². The van der Waals surface area contributed by atoms with Crippen molar-refractivity contribution in [2.24, 2.45) is 0 Å². The molecule has 0 aliphatic carbocycles. The zero-order chi connectivity index (χ0) is 17.2. The molecule has 4 rings (SSSR count). The molecule has 2 N–H and O–H groups in total. The minimum atomic E-state index is 0.0995. The van der Waals surface area contributed by atoms with Gasteiger partial charge in [0, 0.05) is 30.3 Å². The van der Waals surface area contributed by atoms with Crippen molar-refractivity contribution in [3.05, 3.63) is 53.1 Å². The third-order valence-corrected chi connectivity index (χ3v) is 4.77. The fourth-order valence-corrected chi connectivity index (χ4v) is 3.33. The summed E-state index contributed by atoms with van der Waals surface area (Å²) < 4.78 is 11.4. The van der Waals surface area contributed by atoms with Crippen LogP contribution in [-0.4, -0.2) is 19.1 Å². The Labute approximate surface area is 147 Å². The SMILES string of the molecule is C[C@@H](NCc1cccc2c1OCCO2)c1ccc2c(c1)CCC(=O)N2. The lowest BCUT2D eigenvalue weighted by atomic mass is 9.97. The quantitative estimate of drug-likeness (QED) is 0.899. The lowest BCUT2D eigenvalue weighted by Crippen LogP contribution is -2.22. The molecule has 0 radical (unpaired) electrons. The van der Waals surface area contributed by atoms with Crippen molar-refractivity contribution in [1.29, 1.82) is 0 Å². The van der Waals surface area contributed by atoms with Crippen LogP contribution >= 0.6 is 0 Å². The van der Waals surface area contributed by atoms with Crippen molar-refractivity contribution in [3.63, 3.8) is 0 Å². The van der Waals surface area contributed by atoms with Crippen LogP contribution in [0.4, 0.5) is 5.69 Å². The van der Waals surface area contributed by atoms with E-state index in [1.807, 2.05) is 18.2 Å². The number of benzene rings is 2. The Bertz CT molecular complexity index is 804. The Hall–Kier alpha value is -2.53. The predicted molar refractivity (Wildman–Crippen MR) is 96.1 cm³/mol. The fourth-order valence-electron chi connectivity index (χ4n) is 3.33. The van der Waals surface area contributed by atoms with E-state index in [-0.39, 0.29) is 11.9 Å². The molecule has 2 aromatic rings. The molecule has 130 valence electrons. The van der Waals surface area contributed by atoms with Gasteiger partial charge in [0.25, 0.3) is 0 Å². The first-order valence-electron chi connectivity index (χ1n) is 8.74. The second kappa shape index (κ2) is 6.76. The number of para-hydroxylation sites is 1. The maximum Gasteiger partial charge on any atom is 0.224 e. The van der Waals surface area contributed by atoms with Crippen molar-refractivity contribution in [2.45, 2.75) is 32.4 Å². The van der Waals surface area contributed by atoms with Gasteiger partial charge in [0.05, 0.1) is 0 Å². The number of ether oxygens (including phenoxy) is 2. The molecule has 0 fully saturated rings. The average Bonchev–Trinajstić information content (AvgIpc) is 2.65. The van der Waals surface area contributed by atoms with Crippen LogP contribution in [0.5, 0.6) is 11.5 Å². The Morgan fingerprint density at radius 1 is 1.16 bits per heavy atom. The number of rotatable bonds is 4. The van der Waals surface area contributed by atoms with Gasteiger partial charge in [0.1, 0.15) is 13.2 Å². The number of aryl methyl sites for hydroxylation is 1. The van der Waals surface area contributed by atoms with E-state index in [0.29, 0.717) is 26.2 Å². The van der Waals surface area contributed by atoms with Crippen LogP contribution in [0, 0.1) is 0 Å². The Kier molecular flexibility index (Phi) is 4.32. The zero-order valence-corrected chi connectivity index (χ0v) is 14.3. The standard InChI is InChI=1S/C20H22N2O3/c1-13(14-5-7-17-15(11-14)6-8-19(23)22-17)21-12-16-3-2-4-18-20(16)25-10-9-24-18/h2-5,7,11,13,21H,6,8-10,12H2,1H3,(H,22,23)/t13-/m1/s1. The van der Waals surface area contributed by atoms with Gasteiger partial charge in [0.15, 0.2) is 11.5 Å². The smallest absolute Gasteiger partial charge is 0.224 e. The number of anilines is 1. The predicted octanol–water partition coefficient (Wildman–Crippen LogP) is 3.19. The number of carbonyl (C=O) groups excluding carboxylic acids is 1. The molecule has 1 amide bonds. The van der Waals surface area contributed by atoms with Gasteiger partial charge < -0.3 is 20.1 Å². The summed E-state index contributed by atoms with van der Waals surface area (Å²) in [5.74, 6) is 1.77. The molecular weight excluding hydrogens is 316 g/mol. The molecule has 0 spiro atoms. The van der Waals surface area contributed by atoms with Gasteiger partial charge in [-0.15, -0.1) is 0 Å². The second-order valence-corrected chi connectivity index (χ2v) is 6.51. The van der Waals surface area contributed by atoms with E-state index < -0.39 is 0 Å². The molecule has 1 atom stereocenters. The number of fused-ring (bicyclic) bond motifs is 2. The zero-order valence-electron chi connectivity index (χ0n) is 14.3. The molecule has 25 heavy (non-hydrogen) atoms. The molecule has 5 nitrogen and oxygen atoms in total. The molecule has 2 aliphatic rings. The lowest BCUT2D eigenvalue weighted by molar-refractivity contribution is -0.116. The van der Waals surface area contributed by atoms with Gasteiger partial charge >= 0.3 is 0 Å². The van der Waals surface area contributed by atoms with Gasteiger partial charge in [-0.2, -0.15) is 0 Å². The van der Waals surface area contributed by atoms with Crippen LogP contribution in [0.15, 0.2) is 36.4 Å². The topological polar surface area (TPSA) is 59.6 Å². The summed E-state index contributed by atoms with van der Waals surface area (Å²) >= 11 is 0. The van der Waals surface area contributed by atoms with Gasteiger partial charge in [-0.3, -0.25) is 4.79 Å². The van der Waals surface area contributed by atoms with E-state index >= 15 is 0 Å². The highest BCUT2D eigenvalue weighted by Crippen LogP contribution is 2.34. The van der Waals surface area contributed by atoms with E-state index in [2.05, 4.69) is 35.8 Å². The fraction of sp³-hybridized carbons (Fsp3) is 0.350. The highest BCUT2D eigenvalue weighted by atomic mass is 16.6. The number of amides is 1. The molecule has 2 aromatic carbocycles. The molecule has 0 aromatic heterocycles. The van der Waals surface area contributed by atoms with E-state index in [9.17, 15) is 4.79 Å². The molecule has 5 heteroatoms. The molecule has 2 aliphatic heterocycles. The van der Waals surface area contributed by atoms with Gasteiger partial charge in [-0.25, -0.2) is 0 Å². The van der Waals surface area contributed by atoms with Gasteiger partial charge in [0.2, 0.25) is 5.91 Å². The maximum absolute atomic E-state index is 11.5. The molecule has 0 bridgehead atoms. The second-order valence-electron chi connectivity index (χ2n) is 6.51. The third-order valence-electron chi connectivity index (χ3n) is 4.77. The van der Waals surface area contributed by atoms with Crippen LogP contribution in [0.2, 0.25) is 0 Å². The molecule has 0 saturated heterocycles. The number of hydrogen-bond acceptors (Lipinski definition) is 4. The van der Waals surface area contributed by atoms with Gasteiger partial charge in [-0.05, 0) is 36.6 Å². The summed E-state index contributed by atoms with van der Waals surface area (Å²) in [5, 5.41) is 6.49. The average molecular weight is 338 g/mol. The Morgan fingerprint density at radius 2 is 2.04 bits per heavy atom. The van der Waals surface area contributed by atoms with Crippen molar-refractivity contribution >= 4 is 11.6 Å². The van der Waals surface area contributed by atoms with Crippen LogP contribution in [0.1, 0.15) is 36.1 Å². The minimum Gasteiger partial charge on any atom is -0.486 e. The van der Waals surface area contributed by atoms with Crippen LogP contribution in [0.3, 0.4) is 0 Å². The maximum atomic E-state index is 11.5. The lowest BCUT2D eigenvalue weighted by Gasteiger charge is -2.23. The van der Waals surface area contributed by atoms with Crippen molar-refractivity contribution in [2.75, 3.05) is 18.5 Å². The van der Waals surface area contributed by atoms with E-state index in [4.69, 9.17) is 9.47 Å². The summed E-state index contributed by atoms with van der Waals surface area (Å²) in [6.07, 6.45) is 1.37. The molecule has 0 unspecified atom stereocenters. The first-order valence-corrected chi connectivity index (χ1v) is 8.74. The van der Waals surface area contributed by atoms with Gasteiger partial charge in [-0.1, -0.05) is 24.3 Å². The van der Waals surface area contributed by atoms with Crippen LogP contribution < -0.4 is 20.1 Å². The highest BCUT2D eigenvalue weighted by Gasteiger charge is 2.18.